The van der Waals surface area contributed by atoms with Gasteiger partial charge in [0, 0.05) is 6.04 Å². The Labute approximate surface area is 176 Å². The maximum atomic E-state index is 12.0. The zero-order chi connectivity index (χ0) is 21.2. The van der Waals surface area contributed by atoms with Crippen molar-refractivity contribution >= 4 is 12.1 Å². The second kappa shape index (κ2) is 16.9. The summed E-state index contributed by atoms with van der Waals surface area (Å²) < 4.78 is 5.20. The summed E-state index contributed by atoms with van der Waals surface area (Å²) in [6, 6.07) is 9.06. The van der Waals surface area contributed by atoms with Crippen molar-refractivity contribution in [3.63, 3.8) is 0 Å². The Hall–Kier alpha value is -2.04. The molecular formula is C24H39NO4. The number of carbonyl (C=O) groups is 2. The van der Waals surface area contributed by atoms with Crippen LogP contribution in [-0.4, -0.2) is 23.2 Å². The van der Waals surface area contributed by atoms with E-state index in [0.717, 1.165) is 18.4 Å². The fourth-order valence-corrected chi connectivity index (χ4v) is 3.42. The molecule has 0 saturated carbocycles. The number of nitrogens with one attached hydrogen (secondary N) is 1. The SMILES string of the molecule is CCCCCCCCCCCCC[C@H](CC(=O)O)NC(=O)OCc1ccccc1. The highest BCUT2D eigenvalue weighted by Gasteiger charge is 2.16. The summed E-state index contributed by atoms with van der Waals surface area (Å²) in [6.07, 6.45) is 13.8. The number of carboxylic acid groups (broad SMARTS) is 1. The molecule has 0 bridgehead atoms. The van der Waals surface area contributed by atoms with Gasteiger partial charge >= 0.3 is 12.1 Å². The van der Waals surface area contributed by atoms with E-state index in [-0.39, 0.29) is 19.1 Å². The molecule has 1 rings (SSSR count). The van der Waals surface area contributed by atoms with E-state index in [1.807, 2.05) is 30.3 Å². The first-order valence-electron chi connectivity index (χ1n) is 11.3. The van der Waals surface area contributed by atoms with Gasteiger partial charge < -0.3 is 15.2 Å². The molecule has 164 valence electrons. The van der Waals surface area contributed by atoms with Crippen molar-refractivity contribution < 1.29 is 19.4 Å². The monoisotopic (exact) mass is 405 g/mol. The Kier molecular flexibility index (Phi) is 14.5. The van der Waals surface area contributed by atoms with Crippen LogP contribution in [0, 0.1) is 0 Å². The molecule has 0 fully saturated rings. The fourth-order valence-electron chi connectivity index (χ4n) is 3.42. The first-order valence-corrected chi connectivity index (χ1v) is 11.3. The zero-order valence-corrected chi connectivity index (χ0v) is 18.0. The molecule has 1 aromatic rings. The van der Waals surface area contributed by atoms with Crippen LogP contribution < -0.4 is 5.32 Å². The average Bonchev–Trinajstić information content (AvgIpc) is 2.70. The van der Waals surface area contributed by atoms with Crippen LogP contribution in [0.5, 0.6) is 0 Å². The van der Waals surface area contributed by atoms with Gasteiger partial charge in [0.1, 0.15) is 6.61 Å². The quantitative estimate of drug-likeness (QED) is 0.292. The predicted molar refractivity (Wildman–Crippen MR) is 117 cm³/mol. The van der Waals surface area contributed by atoms with Gasteiger partial charge in [0.05, 0.1) is 6.42 Å². The summed E-state index contributed by atoms with van der Waals surface area (Å²) >= 11 is 0. The lowest BCUT2D eigenvalue weighted by Gasteiger charge is -2.17. The van der Waals surface area contributed by atoms with E-state index in [1.165, 1.54) is 57.8 Å². The molecule has 0 heterocycles. The van der Waals surface area contributed by atoms with Crippen LogP contribution in [0.4, 0.5) is 4.79 Å². The van der Waals surface area contributed by atoms with Crippen LogP contribution in [0.25, 0.3) is 0 Å². The van der Waals surface area contributed by atoms with Gasteiger partial charge in [0.15, 0.2) is 0 Å². The molecule has 5 heteroatoms. The van der Waals surface area contributed by atoms with E-state index in [1.54, 1.807) is 0 Å². The molecule has 0 aliphatic rings. The van der Waals surface area contributed by atoms with Gasteiger partial charge in [-0.25, -0.2) is 4.79 Å². The Morgan fingerprint density at radius 1 is 0.897 bits per heavy atom. The minimum atomic E-state index is -0.901. The van der Waals surface area contributed by atoms with Crippen LogP contribution in [0.15, 0.2) is 30.3 Å². The second-order valence-corrected chi connectivity index (χ2v) is 7.83. The van der Waals surface area contributed by atoms with Gasteiger partial charge in [-0.3, -0.25) is 4.79 Å². The molecule has 29 heavy (non-hydrogen) atoms. The molecular weight excluding hydrogens is 366 g/mol. The normalized spacial score (nSPS) is 11.8. The minimum Gasteiger partial charge on any atom is -0.481 e. The van der Waals surface area contributed by atoms with E-state index in [2.05, 4.69) is 12.2 Å². The standard InChI is InChI=1S/C24H39NO4/c1-2-3-4-5-6-7-8-9-10-11-15-18-22(19-23(26)27)25-24(28)29-20-21-16-13-12-14-17-21/h12-14,16-17,22H,2-11,15,18-20H2,1H3,(H,25,28)(H,26,27)/t22-/m1/s1. The highest BCUT2D eigenvalue weighted by Crippen LogP contribution is 2.13. The van der Waals surface area contributed by atoms with E-state index in [4.69, 9.17) is 9.84 Å². The number of carboxylic acids is 1. The van der Waals surface area contributed by atoms with Gasteiger partial charge in [-0.1, -0.05) is 108 Å². The maximum absolute atomic E-state index is 12.0. The lowest BCUT2D eigenvalue weighted by atomic mass is 10.0. The van der Waals surface area contributed by atoms with Crippen molar-refractivity contribution in [3.8, 4) is 0 Å². The fraction of sp³-hybridized carbons (Fsp3) is 0.667. The molecule has 2 N–H and O–H groups in total. The second-order valence-electron chi connectivity index (χ2n) is 7.83. The lowest BCUT2D eigenvalue weighted by Crippen LogP contribution is -2.36. The largest absolute Gasteiger partial charge is 0.481 e. The predicted octanol–water partition coefficient (Wildman–Crippen LogP) is 6.46. The van der Waals surface area contributed by atoms with Crippen LogP contribution in [-0.2, 0) is 16.1 Å². The Morgan fingerprint density at radius 2 is 1.45 bits per heavy atom. The van der Waals surface area contributed by atoms with Crippen molar-refractivity contribution in [2.24, 2.45) is 0 Å². The molecule has 5 nitrogen and oxygen atoms in total. The third-order valence-corrected chi connectivity index (χ3v) is 5.11. The third-order valence-electron chi connectivity index (χ3n) is 5.11. The summed E-state index contributed by atoms with van der Waals surface area (Å²) in [7, 11) is 0. The number of rotatable bonds is 17. The van der Waals surface area contributed by atoms with E-state index < -0.39 is 12.1 Å². The number of ether oxygens (including phenoxy) is 1. The number of hydrogen-bond donors (Lipinski definition) is 2. The molecule has 0 aliphatic heterocycles. The Bertz CT molecular complexity index is 547. The molecule has 0 radical (unpaired) electrons. The van der Waals surface area contributed by atoms with Crippen molar-refractivity contribution in [1.29, 1.82) is 0 Å². The number of unbranched alkanes of at least 4 members (excludes halogenated alkanes) is 10. The van der Waals surface area contributed by atoms with Gasteiger partial charge in [-0.05, 0) is 12.0 Å². The van der Waals surface area contributed by atoms with Gasteiger partial charge in [-0.2, -0.15) is 0 Å². The maximum Gasteiger partial charge on any atom is 0.407 e. The van der Waals surface area contributed by atoms with Crippen molar-refractivity contribution in [2.45, 2.75) is 103 Å². The van der Waals surface area contributed by atoms with Gasteiger partial charge in [0.25, 0.3) is 0 Å². The van der Waals surface area contributed by atoms with E-state index >= 15 is 0 Å². The number of benzene rings is 1. The van der Waals surface area contributed by atoms with Crippen LogP contribution in [0.2, 0.25) is 0 Å². The smallest absolute Gasteiger partial charge is 0.407 e. The highest BCUT2D eigenvalue weighted by atomic mass is 16.5. The van der Waals surface area contributed by atoms with Crippen molar-refractivity contribution in [2.75, 3.05) is 0 Å². The molecule has 1 amide bonds. The number of alkyl carbamates (subject to hydrolysis) is 1. The summed E-state index contributed by atoms with van der Waals surface area (Å²) in [5.74, 6) is -0.901. The summed E-state index contributed by atoms with van der Waals surface area (Å²) in [5, 5.41) is 11.8. The zero-order valence-electron chi connectivity index (χ0n) is 18.0. The van der Waals surface area contributed by atoms with Crippen molar-refractivity contribution in [1.82, 2.24) is 5.32 Å². The molecule has 0 unspecified atom stereocenters. The molecule has 1 aromatic carbocycles. The molecule has 0 saturated heterocycles. The number of amides is 1. The topological polar surface area (TPSA) is 75.6 Å². The van der Waals surface area contributed by atoms with Crippen LogP contribution >= 0.6 is 0 Å². The average molecular weight is 406 g/mol. The van der Waals surface area contributed by atoms with Gasteiger partial charge in [0.2, 0.25) is 0 Å². The van der Waals surface area contributed by atoms with Crippen molar-refractivity contribution in [3.05, 3.63) is 35.9 Å². The summed E-state index contributed by atoms with van der Waals surface area (Å²) in [5.41, 5.74) is 0.905. The van der Waals surface area contributed by atoms with E-state index in [0.29, 0.717) is 6.42 Å². The number of hydrogen-bond acceptors (Lipinski definition) is 3. The molecule has 0 aliphatic carbocycles. The van der Waals surface area contributed by atoms with Crippen LogP contribution in [0.3, 0.4) is 0 Å². The Morgan fingerprint density at radius 3 is 2.00 bits per heavy atom. The molecule has 0 aromatic heterocycles. The lowest BCUT2D eigenvalue weighted by molar-refractivity contribution is -0.137. The third kappa shape index (κ3) is 14.6. The minimum absolute atomic E-state index is 0.0712. The Balaban J connectivity index is 2.13. The first-order chi connectivity index (χ1) is 14.1. The summed E-state index contributed by atoms with van der Waals surface area (Å²) in [4.78, 5) is 23.1. The number of carbonyl (C=O) groups excluding carboxylic acids is 1. The molecule has 0 spiro atoms. The van der Waals surface area contributed by atoms with E-state index in [9.17, 15) is 9.59 Å². The summed E-state index contributed by atoms with van der Waals surface area (Å²) in [6.45, 7) is 2.43. The molecule has 1 atom stereocenters. The van der Waals surface area contributed by atoms with Gasteiger partial charge in [-0.15, -0.1) is 0 Å². The van der Waals surface area contributed by atoms with Crippen LogP contribution in [0.1, 0.15) is 96.0 Å². The number of aliphatic carboxylic acids is 1. The highest BCUT2D eigenvalue weighted by molar-refractivity contribution is 5.71. The first kappa shape index (κ1) is 25.0.